The van der Waals surface area contributed by atoms with Gasteiger partial charge < -0.3 is 4.74 Å². The molecule has 0 amide bonds. The first-order chi connectivity index (χ1) is 5.95. The molecule has 1 aromatic rings. The van der Waals surface area contributed by atoms with Gasteiger partial charge in [0.1, 0.15) is 6.10 Å². The maximum absolute atomic E-state index is 5.70. The van der Waals surface area contributed by atoms with E-state index in [2.05, 4.69) is 30.1 Å². The Morgan fingerprint density at radius 2 is 2.08 bits per heavy atom. The quantitative estimate of drug-likeness (QED) is 0.769. The van der Waals surface area contributed by atoms with Gasteiger partial charge in [-0.2, -0.15) is 4.37 Å². The van der Waals surface area contributed by atoms with Crippen LogP contribution >= 0.6 is 23.1 Å². The minimum atomic E-state index is -0.101. The topological polar surface area (TPSA) is 35.0 Å². The first kappa shape index (κ1) is 10.9. The van der Waals surface area contributed by atoms with E-state index in [1.165, 1.54) is 11.5 Å². The van der Waals surface area contributed by atoms with Gasteiger partial charge in [0.15, 0.2) is 5.82 Å². The van der Waals surface area contributed by atoms with Crippen molar-refractivity contribution in [2.75, 3.05) is 7.11 Å². The number of halogens is 1. The third-order valence-electron chi connectivity index (χ3n) is 1.67. The van der Waals surface area contributed by atoms with Crippen LogP contribution in [0.5, 0.6) is 0 Å². The second kappa shape index (κ2) is 3.90. The summed E-state index contributed by atoms with van der Waals surface area (Å²) in [7, 11) is 1.66. The van der Waals surface area contributed by atoms with Gasteiger partial charge in [0.25, 0.3) is 0 Å². The van der Waals surface area contributed by atoms with E-state index in [9.17, 15) is 0 Å². The number of aromatic nitrogens is 2. The fraction of sp³-hybridized carbons (Fsp3) is 0.750. The molecule has 0 saturated heterocycles. The Bertz CT molecular complexity index is 282. The van der Waals surface area contributed by atoms with E-state index in [4.69, 9.17) is 16.3 Å². The maximum Gasteiger partial charge on any atom is 0.203 e. The Balaban J connectivity index is 2.91. The highest BCUT2D eigenvalue weighted by Crippen LogP contribution is 2.34. The Morgan fingerprint density at radius 1 is 1.46 bits per heavy atom. The van der Waals surface area contributed by atoms with Gasteiger partial charge in [-0.05, 0) is 28.5 Å². The van der Waals surface area contributed by atoms with E-state index in [0.29, 0.717) is 10.3 Å². The van der Waals surface area contributed by atoms with E-state index < -0.39 is 0 Å². The van der Waals surface area contributed by atoms with Gasteiger partial charge in [0, 0.05) is 7.11 Å². The van der Waals surface area contributed by atoms with E-state index in [1.807, 2.05) is 0 Å². The fourth-order valence-electron chi connectivity index (χ4n) is 1.17. The summed E-state index contributed by atoms with van der Waals surface area (Å²) in [5, 5.41) is 0. The normalized spacial score (nSPS) is 14.5. The number of hydrogen-bond donors (Lipinski definition) is 0. The lowest BCUT2D eigenvalue weighted by molar-refractivity contribution is 0.00954. The molecule has 0 N–H and O–H groups in total. The maximum atomic E-state index is 5.70. The average Bonchev–Trinajstić information content (AvgIpc) is 2.34. The van der Waals surface area contributed by atoms with Gasteiger partial charge in [-0.1, -0.05) is 20.8 Å². The van der Waals surface area contributed by atoms with E-state index >= 15 is 0 Å². The van der Waals surface area contributed by atoms with Crippen LogP contribution in [0.3, 0.4) is 0 Å². The number of nitrogens with zero attached hydrogens (tertiary/aromatic N) is 2. The average molecular weight is 221 g/mol. The lowest BCUT2D eigenvalue weighted by Gasteiger charge is -2.26. The van der Waals surface area contributed by atoms with Crippen LogP contribution in [0.25, 0.3) is 0 Å². The molecule has 1 atom stereocenters. The van der Waals surface area contributed by atoms with Crippen molar-refractivity contribution < 1.29 is 4.74 Å². The third-order valence-corrected chi connectivity index (χ3v) is 2.49. The summed E-state index contributed by atoms with van der Waals surface area (Å²) in [6.45, 7) is 6.24. The molecule has 0 fully saturated rings. The summed E-state index contributed by atoms with van der Waals surface area (Å²) < 4.78 is 9.92. The van der Waals surface area contributed by atoms with Gasteiger partial charge >= 0.3 is 0 Å². The second-order valence-corrected chi connectivity index (χ2v) is 5.22. The summed E-state index contributed by atoms with van der Waals surface area (Å²) in [6, 6.07) is 0. The molecule has 0 saturated carbocycles. The van der Waals surface area contributed by atoms with E-state index in [-0.39, 0.29) is 11.5 Å². The van der Waals surface area contributed by atoms with Crippen LogP contribution in [0.15, 0.2) is 0 Å². The second-order valence-electron chi connectivity index (χ2n) is 3.89. The summed E-state index contributed by atoms with van der Waals surface area (Å²) in [4.78, 5) is 4.10. The summed E-state index contributed by atoms with van der Waals surface area (Å²) >= 11 is 6.89. The molecule has 3 nitrogen and oxygen atoms in total. The van der Waals surface area contributed by atoms with Crippen LogP contribution in [0.1, 0.15) is 32.7 Å². The number of rotatable bonds is 2. The molecule has 0 aliphatic carbocycles. The van der Waals surface area contributed by atoms with Crippen molar-refractivity contribution >= 4 is 23.1 Å². The predicted octanol–water partition coefficient (Wildman–Crippen LogP) is 2.93. The third kappa shape index (κ3) is 2.62. The first-order valence-electron chi connectivity index (χ1n) is 3.97. The smallest absolute Gasteiger partial charge is 0.203 e. The molecule has 1 rings (SSSR count). The molecule has 0 bridgehead atoms. The van der Waals surface area contributed by atoms with Crippen molar-refractivity contribution in [3.63, 3.8) is 0 Å². The number of methoxy groups -OCH3 is 1. The van der Waals surface area contributed by atoms with E-state index in [1.54, 1.807) is 7.11 Å². The largest absolute Gasteiger partial charge is 0.373 e. The highest BCUT2D eigenvalue weighted by atomic mass is 35.5. The number of hydrogen-bond acceptors (Lipinski definition) is 4. The van der Waals surface area contributed by atoms with Crippen molar-refractivity contribution in [1.29, 1.82) is 0 Å². The highest BCUT2D eigenvalue weighted by molar-refractivity contribution is 7.10. The monoisotopic (exact) mass is 220 g/mol. The predicted molar refractivity (Wildman–Crippen MR) is 54.1 cm³/mol. The molecule has 1 aromatic heterocycles. The van der Waals surface area contributed by atoms with E-state index in [0.717, 1.165) is 0 Å². The zero-order chi connectivity index (χ0) is 10.1. The molecule has 74 valence electrons. The minimum absolute atomic E-state index is 0.0147. The lowest BCUT2D eigenvalue weighted by atomic mass is 9.88. The van der Waals surface area contributed by atoms with Gasteiger partial charge in [-0.15, -0.1) is 0 Å². The van der Waals surface area contributed by atoms with Crippen molar-refractivity contribution in [1.82, 2.24) is 9.36 Å². The van der Waals surface area contributed by atoms with Crippen LogP contribution in [0.4, 0.5) is 0 Å². The molecule has 5 heteroatoms. The molecular formula is C8H13ClN2OS. The highest BCUT2D eigenvalue weighted by Gasteiger charge is 2.29. The van der Waals surface area contributed by atoms with Crippen LogP contribution in [-0.2, 0) is 4.74 Å². The zero-order valence-corrected chi connectivity index (χ0v) is 9.74. The van der Waals surface area contributed by atoms with Crippen LogP contribution in [0, 0.1) is 5.41 Å². The fourth-order valence-corrected chi connectivity index (χ4v) is 1.80. The van der Waals surface area contributed by atoms with Gasteiger partial charge in [-0.3, -0.25) is 0 Å². The minimum Gasteiger partial charge on any atom is -0.373 e. The van der Waals surface area contributed by atoms with Crippen molar-refractivity contribution in [2.45, 2.75) is 26.9 Å². The molecule has 0 aliphatic heterocycles. The molecule has 0 spiro atoms. The Hall–Kier alpha value is -0.190. The Kier molecular flexibility index (Phi) is 3.27. The molecule has 0 aromatic carbocycles. The molecule has 1 heterocycles. The summed E-state index contributed by atoms with van der Waals surface area (Å²) in [5.74, 6) is 0.671. The van der Waals surface area contributed by atoms with Crippen LogP contribution < -0.4 is 0 Å². The first-order valence-corrected chi connectivity index (χ1v) is 5.12. The molecule has 13 heavy (non-hydrogen) atoms. The molecule has 1 unspecified atom stereocenters. The molecule has 0 radical (unpaired) electrons. The van der Waals surface area contributed by atoms with Crippen molar-refractivity contribution in [3.8, 4) is 0 Å². The zero-order valence-electron chi connectivity index (χ0n) is 8.17. The van der Waals surface area contributed by atoms with Gasteiger partial charge in [-0.25, -0.2) is 4.98 Å². The molecule has 0 aliphatic rings. The van der Waals surface area contributed by atoms with Crippen molar-refractivity contribution in [2.24, 2.45) is 5.41 Å². The molecular weight excluding hydrogens is 208 g/mol. The van der Waals surface area contributed by atoms with Crippen LogP contribution in [-0.4, -0.2) is 16.5 Å². The standard InChI is InChI=1S/C8H13ClN2OS/c1-8(2,3)5(12-4)6-10-7(9)13-11-6/h5H,1-4H3. The number of ether oxygens (including phenoxy) is 1. The van der Waals surface area contributed by atoms with Crippen molar-refractivity contribution in [3.05, 3.63) is 10.3 Å². The SMILES string of the molecule is COC(c1nsc(Cl)n1)C(C)(C)C. The van der Waals surface area contributed by atoms with Gasteiger partial charge in [0.05, 0.1) is 0 Å². The Labute approximate surface area is 87.3 Å². The summed E-state index contributed by atoms with van der Waals surface area (Å²) in [5.41, 5.74) is -0.0147. The van der Waals surface area contributed by atoms with Crippen LogP contribution in [0.2, 0.25) is 4.47 Å². The lowest BCUT2D eigenvalue weighted by Crippen LogP contribution is -2.21. The van der Waals surface area contributed by atoms with Gasteiger partial charge in [0.2, 0.25) is 4.47 Å². The Morgan fingerprint density at radius 3 is 2.38 bits per heavy atom. The summed E-state index contributed by atoms with van der Waals surface area (Å²) in [6.07, 6.45) is -0.101.